The molecule has 0 saturated carbocycles. The van der Waals surface area contributed by atoms with E-state index in [9.17, 15) is 13.2 Å². The lowest BCUT2D eigenvalue weighted by Crippen LogP contribution is -2.21. The number of aliphatic carboxylic acids is 1. The van der Waals surface area contributed by atoms with Crippen LogP contribution in [0.5, 0.6) is 0 Å². The molecule has 0 unspecified atom stereocenters. The van der Waals surface area contributed by atoms with Gasteiger partial charge in [-0.15, -0.1) is 0 Å². The van der Waals surface area contributed by atoms with Gasteiger partial charge >= 0.3 is 12.1 Å². The summed E-state index contributed by atoms with van der Waals surface area (Å²) < 4.78 is 31.7. The Hall–Kier alpha value is -2.34. The molecule has 1 aliphatic heterocycles. The van der Waals surface area contributed by atoms with E-state index in [1.165, 1.54) is 22.3 Å². The Kier molecular flexibility index (Phi) is 7.02. The highest BCUT2D eigenvalue weighted by Gasteiger charge is 2.38. The van der Waals surface area contributed by atoms with Gasteiger partial charge in [0.2, 0.25) is 0 Å². The number of rotatable bonds is 2. The molecule has 0 fully saturated rings. The molecule has 6 heteroatoms. The number of nitrogens with one attached hydrogen (secondary N) is 1. The second-order valence-electron chi connectivity index (χ2n) is 6.75. The summed E-state index contributed by atoms with van der Waals surface area (Å²) in [6.07, 6.45) is -3.93. The maximum Gasteiger partial charge on any atom is 0.490 e. The first-order valence-corrected chi connectivity index (χ1v) is 8.88. The van der Waals surface area contributed by atoms with Gasteiger partial charge in [-0.25, -0.2) is 4.79 Å². The van der Waals surface area contributed by atoms with E-state index in [-0.39, 0.29) is 0 Å². The van der Waals surface area contributed by atoms with Gasteiger partial charge in [0.15, 0.2) is 0 Å². The largest absolute Gasteiger partial charge is 0.490 e. The third kappa shape index (κ3) is 5.82. The molecule has 0 bridgehead atoms. The summed E-state index contributed by atoms with van der Waals surface area (Å²) in [5.74, 6) is -1.69. The van der Waals surface area contributed by atoms with Crippen LogP contribution in [-0.2, 0) is 11.2 Å². The van der Waals surface area contributed by atoms with Gasteiger partial charge in [0.05, 0.1) is 0 Å². The van der Waals surface area contributed by atoms with Crippen LogP contribution >= 0.6 is 0 Å². The highest BCUT2D eigenvalue weighted by atomic mass is 19.4. The van der Waals surface area contributed by atoms with E-state index in [2.05, 4.69) is 67.7 Å². The molecular formula is C21H24F3NO2. The normalized spacial score (nSPS) is 17.7. The first kappa shape index (κ1) is 21.0. The molecule has 27 heavy (non-hydrogen) atoms. The summed E-state index contributed by atoms with van der Waals surface area (Å²) in [6.45, 7) is 6.83. The fraction of sp³-hybridized carbons (Fsp3) is 0.381. The molecule has 2 aromatic rings. The van der Waals surface area contributed by atoms with Gasteiger partial charge in [-0.1, -0.05) is 62.4 Å². The maximum atomic E-state index is 10.6. The minimum Gasteiger partial charge on any atom is -0.475 e. The lowest BCUT2D eigenvalue weighted by atomic mass is 9.87. The van der Waals surface area contributed by atoms with Crippen molar-refractivity contribution in [2.75, 3.05) is 13.1 Å². The van der Waals surface area contributed by atoms with Gasteiger partial charge in [-0.05, 0) is 41.1 Å². The van der Waals surface area contributed by atoms with Crippen molar-refractivity contribution >= 4 is 5.97 Å². The molecule has 3 nitrogen and oxygen atoms in total. The van der Waals surface area contributed by atoms with Crippen molar-refractivity contribution < 1.29 is 23.1 Å². The van der Waals surface area contributed by atoms with Gasteiger partial charge in [0.25, 0.3) is 0 Å². The predicted octanol–water partition coefficient (Wildman–Crippen LogP) is 4.72. The van der Waals surface area contributed by atoms with Crippen LogP contribution in [-0.4, -0.2) is 30.3 Å². The molecule has 2 atom stereocenters. The van der Waals surface area contributed by atoms with Gasteiger partial charge in [0, 0.05) is 12.5 Å². The quantitative estimate of drug-likeness (QED) is 0.794. The number of carbonyl (C=O) groups is 1. The van der Waals surface area contributed by atoms with Crippen LogP contribution in [0, 0.1) is 0 Å². The number of halogens is 3. The molecule has 3 rings (SSSR count). The Morgan fingerprint density at radius 2 is 1.78 bits per heavy atom. The number of carboxylic acid groups (broad SMARTS) is 1. The third-order valence-electron chi connectivity index (χ3n) is 4.76. The first-order chi connectivity index (χ1) is 12.7. The van der Waals surface area contributed by atoms with Crippen molar-refractivity contribution in [3.8, 4) is 0 Å². The average Bonchev–Trinajstić information content (AvgIpc) is 2.83. The lowest BCUT2D eigenvalue weighted by Gasteiger charge is -2.18. The summed E-state index contributed by atoms with van der Waals surface area (Å²) in [7, 11) is 0. The van der Waals surface area contributed by atoms with Gasteiger partial charge in [-0.2, -0.15) is 13.2 Å². The molecule has 1 aliphatic rings. The van der Waals surface area contributed by atoms with Crippen molar-refractivity contribution in [3.05, 3.63) is 70.8 Å². The zero-order valence-electron chi connectivity index (χ0n) is 15.4. The highest BCUT2D eigenvalue weighted by molar-refractivity contribution is 5.73. The smallest absolute Gasteiger partial charge is 0.475 e. The van der Waals surface area contributed by atoms with E-state index in [0.717, 1.165) is 19.5 Å². The second-order valence-corrected chi connectivity index (χ2v) is 6.75. The van der Waals surface area contributed by atoms with Crippen LogP contribution in [0.4, 0.5) is 13.2 Å². The minimum atomic E-state index is -5.08. The zero-order valence-corrected chi connectivity index (χ0v) is 15.4. The van der Waals surface area contributed by atoms with Crippen LogP contribution in [0.25, 0.3) is 0 Å². The lowest BCUT2D eigenvalue weighted by molar-refractivity contribution is -0.192. The third-order valence-corrected chi connectivity index (χ3v) is 4.76. The van der Waals surface area contributed by atoms with Crippen molar-refractivity contribution in [2.24, 2.45) is 0 Å². The fourth-order valence-electron chi connectivity index (χ4n) is 3.15. The van der Waals surface area contributed by atoms with Crippen molar-refractivity contribution in [2.45, 2.75) is 38.3 Å². The summed E-state index contributed by atoms with van der Waals surface area (Å²) in [5, 5.41) is 10.6. The first-order valence-electron chi connectivity index (χ1n) is 8.88. The number of benzene rings is 2. The fourth-order valence-corrected chi connectivity index (χ4v) is 3.15. The number of carboxylic acids is 1. The van der Waals surface area contributed by atoms with Crippen molar-refractivity contribution in [1.29, 1.82) is 0 Å². The molecule has 0 spiro atoms. The van der Waals surface area contributed by atoms with Crippen LogP contribution < -0.4 is 5.32 Å². The Bertz CT molecular complexity index is 760. The molecular weight excluding hydrogens is 355 g/mol. The Morgan fingerprint density at radius 3 is 2.37 bits per heavy atom. The van der Waals surface area contributed by atoms with E-state index < -0.39 is 12.1 Å². The summed E-state index contributed by atoms with van der Waals surface area (Å²) in [5.41, 5.74) is 5.89. The molecule has 2 aromatic carbocycles. The Balaban J connectivity index is 0.000000321. The van der Waals surface area contributed by atoms with Crippen LogP contribution in [0.1, 0.15) is 47.9 Å². The van der Waals surface area contributed by atoms with E-state index >= 15 is 0 Å². The number of hydrogen-bond acceptors (Lipinski definition) is 2. The molecule has 2 N–H and O–H groups in total. The van der Waals surface area contributed by atoms with E-state index in [1.807, 2.05) is 0 Å². The summed E-state index contributed by atoms with van der Waals surface area (Å²) in [4.78, 5) is 8.90. The van der Waals surface area contributed by atoms with Crippen LogP contribution in [0.15, 0.2) is 48.5 Å². The summed E-state index contributed by atoms with van der Waals surface area (Å²) in [6, 6.07) is 17.9. The number of alkyl halides is 3. The SMILES string of the molecule is C[C@H](c1ccccc1)c1ccc2c(c1)[C@H](C)CNCC2.O=C(O)C(F)(F)F. The standard InChI is InChI=1S/C19H23N.C2HF3O2/c1-14-13-20-11-10-17-8-9-18(12-19(14)17)15(2)16-6-4-3-5-7-16;3-2(4,5)1(6)7/h3-9,12,14-15,20H,10-11,13H2,1-2H3;(H,6,7)/t14-,15-;/m1./s1. The van der Waals surface area contributed by atoms with Crippen LogP contribution in [0.3, 0.4) is 0 Å². The van der Waals surface area contributed by atoms with Crippen LogP contribution in [0.2, 0.25) is 0 Å². The second kappa shape index (κ2) is 9.04. The van der Waals surface area contributed by atoms with Crippen molar-refractivity contribution in [1.82, 2.24) is 5.32 Å². The minimum absolute atomic E-state index is 0.463. The average molecular weight is 379 g/mol. The highest BCUT2D eigenvalue weighted by Crippen LogP contribution is 2.29. The Labute approximate surface area is 157 Å². The van der Waals surface area contributed by atoms with Crippen molar-refractivity contribution in [3.63, 3.8) is 0 Å². The number of hydrogen-bond donors (Lipinski definition) is 2. The molecule has 0 amide bonds. The van der Waals surface area contributed by atoms with E-state index in [1.54, 1.807) is 0 Å². The van der Waals surface area contributed by atoms with Gasteiger partial charge < -0.3 is 10.4 Å². The molecule has 1 heterocycles. The van der Waals surface area contributed by atoms with E-state index in [4.69, 9.17) is 9.90 Å². The molecule has 146 valence electrons. The monoisotopic (exact) mass is 379 g/mol. The number of fused-ring (bicyclic) bond motifs is 1. The van der Waals surface area contributed by atoms with Gasteiger partial charge in [-0.3, -0.25) is 0 Å². The topological polar surface area (TPSA) is 49.3 Å². The Morgan fingerprint density at radius 1 is 1.15 bits per heavy atom. The summed E-state index contributed by atoms with van der Waals surface area (Å²) >= 11 is 0. The van der Waals surface area contributed by atoms with Gasteiger partial charge in [0.1, 0.15) is 0 Å². The van der Waals surface area contributed by atoms with E-state index in [0.29, 0.717) is 11.8 Å². The zero-order chi connectivity index (χ0) is 20.0. The maximum absolute atomic E-state index is 10.6. The molecule has 0 radical (unpaired) electrons. The molecule has 0 aliphatic carbocycles. The molecule has 0 aromatic heterocycles. The molecule has 0 saturated heterocycles. The predicted molar refractivity (Wildman–Crippen MR) is 99.1 cm³/mol.